The van der Waals surface area contributed by atoms with Gasteiger partial charge in [-0.25, -0.2) is 4.79 Å². The quantitative estimate of drug-likeness (QED) is 0.215. The Labute approximate surface area is 168 Å². The zero-order valence-corrected chi connectivity index (χ0v) is 16.9. The molecular formula is C18H12INO3S2. The zero-order chi connectivity index (χ0) is 18.0. The first-order valence-electron chi connectivity index (χ1n) is 7.24. The minimum absolute atomic E-state index is 0.128. The van der Waals surface area contributed by atoms with E-state index in [-0.39, 0.29) is 5.91 Å². The van der Waals surface area contributed by atoms with Crippen molar-refractivity contribution in [1.29, 1.82) is 0 Å². The summed E-state index contributed by atoms with van der Waals surface area (Å²) in [6, 6.07) is 14.3. The molecule has 2 aromatic carbocycles. The van der Waals surface area contributed by atoms with E-state index >= 15 is 0 Å². The van der Waals surface area contributed by atoms with Crippen LogP contribution in [-0.2, 0) is 4.79 Å². The Kier molecular flexibility index (Phi) is 5.55. The number of ether oxygens (including phenoxy) is 1. The molecule has 126 valence electrons. The third-order valence-corrected chi connectivity index (χ3v) is 5.87. The average molecular weight is 481 g/mol. The van der Waals surface area contributed by atoms with Gasteiger partial charge in [-0.3, -0.25) is 9.69 Å². The minimum atomic E-state index is -0.415. The van der Waals surface area contributed by atoms with Crippen LogP contribution in [0.1, 0.15) is 15.9 Å². The van der Waals surface area contributed by atoms with Gasteiger partial charge in [0.25, 0.3) is 5.91 Å². The number of esters is 1. The first-order chi connectivity index (χ1) is 12.0. The summed E-state index contributed by atoms with van der Waals surface area (Å²) < 4.78 is 6.81. The van der Waals surface area contributed by atoms with Crippen molar-refractivity contribution in [3.8, 4) is 5.75 Å². The van der Waals surface area contributed by atoms with Crippen molar-refractivity contribution >= 4 is 68.8 Å². The van der Waals surface area contributed by atoms with Crippen molar-refractivity contribution in [2.75, 3.05) is 7.05 Å². The maximum Gasteiger partial charge on any atom is 0.344 e. The summed E-state index contributed by atoms with van der Waals surface area (Å²) in [6.07, 6.45) is 1.74. The van der Waals surface area contributed by atoms with E-state index in [9.17, 15) is 9.59 Å². The van der Waals surface area contributed by atoms with E-state index in [1.54, 1.807) is 43.5 Å². The largest absolute Gasteiger partial charge is 0.423 e. The molecule has 1 fully saturated rings. The van der Waals surface area contributed by atoms with Gasteiger partial charge in [-0.2, -0.15) is 0 Å². The number of hydrogen-bond donors (Lipinski definition) is 0. The number of halogens is 1. The number of thiocarbonyl (C=S) groups is 1. The third kappa shape index (κ3) is 4.10. The standard InChI is InChI=1S/C18H12INO3S2/c1-20-16(21)15(25-18(20)24)10-11-5-4-6-12(9-11)23-17(22)13-7-2-3-8-14(13)19/h2-10H,1H3/b15-10-. The average Bonchev–Trinajstić information content (AvgIpc) is 2.82. The molecule has 1 aliphatic rings. The first kappa shape index (κ1) is 18.1. The predicted molar refractivity (Wildman–Crippen MR) is 111 cm³/mol. The monoisotopic (exact) mass is 481 g/mol. The molecule has 7 heteroatoms. The van der Waals surface area contributed by atoms with Gasteiger partial charge in [0.2, 0.25) is 0 Å². The Hall–Kier alpha value is -1.71. The predicted octanol–water partition coefficient (Wildman–Crippen LogP) is 4.34. The Balaban J connectivity index is 1.81. The molecule has 1 amide bonds. The van der Waals surface area contributed by atoms with Crippen LogP contribution in [0, 0.1) is 3.57 Å². The highest BCUT2D eigenvalue weighted by molar-refractivity contribution is 14.1. The van der Waals surface area contributed by atoms with E-state index in [1.807, 2.05) is 18.2 Å². The fraction of sp³-hybridized carbons (Fsp3) is 0.0556. The van der Waals surface area contributed by atoms with E-state index in [2.05, 4.69) is 22.6 Å². The van der Waals surface area contributed by atoms with E-state index in [4.69, 9.17) is 17.0 Å². The van der Waals surface area contributed by atoms with Gasteiger partial charge in [0, 0.05) is 10.6 Å². The summed E-state index contributed by atoms with van der Waals surface area (Å²) in [5, 5.41) is 0. The molecule has 25 heavy (non-hydrogen) atoms. The fourth-order valence-electron chi connectivity index (χ4n) is 2.15. The summed E-state index contributed by atoms with van der Waals surface area (Å²) in [5.41, 5.74) is 1.28. The number of rotatable bonds is 3. The van der Waals surface area contributed by atoms with Gasteiger partial charge in [0.05, 0.1) is 10.5 Å². The van der Waals surface area contributed by atoms with Crippen molar-refractivity contribution in [2.24, 2.45) is 0 Å². The maximum atomic E-state index is 12.3. The highest BCUT2D eigenvalue weighted by Gasteiger charge is 2.28. The SMILES string of the molecule is CN1C(=O)/C(=C/c2cccc(OC(=O)c3ccccc3I)c2)SC1=S. The number of carbonyl (C=O) groups excluding carboxylic acids is 2. The number of hydrogen-bond acceptors (Lipinski definition) is 5. The van der Waals surface area contributed by atoms with Gasteiger partial charge in [-0.05, 0) is 58.5 Å². The molecule has 0 spiro atoms. The van der Waals surface area contributed by atoms with Crippen LogP contribution in [0.3, 0.4) is 0 Å². The molecule has 0 aromatic heterocycles. The smallest absolute Gasteiger partial charge is 0.344 e. The van der Waals surface area contributed by atoms with Crippen LogP contribution < -0.4 is 4.74 Å². The van der Waals surface area contributed by atoms with Gasteiger partial charge in [-0.1, -0.05) is 48.2 Å². The molecule has 1 heterocycles. The Morgan fingerprint density at radius 1 is 1.24 bits per heavy atom. The molecule has 4 nitrogen and oxygen atoms in total. The van der Waals surface area contributed by atoms with Crippen LogP contribution in [0.15, 0.2) is 53.4 Å². The number of carbonyl (C=O) groups is 2. The molecule has 0 unspecified atom stereocenters. The van der Waals surface area contributed by atoms with Crippen molar-refractivity contribution in [1.82, 2.24) is 4.90 Å². The van der Waals surface area contributed by atoms with Crippen LogP contribution in [0.25, 0.3) is 6.08 Å². The van der Waals surface area contributed by atoms with Gasteiger partial charge >= 0.3 is 5.97 Å². The lowest BCUT2D eigenvalue weighted by Crippen LogP contribution is -2.22. The number of thioether (sulfide) groups is 1. The molecule has 3 rings (SSSR count). The summed E-state index contributed by atoms with van der Waals surface area (Å²) in [6.45, 7) is 0. The zero-order valence-electron chi connectivity index (χ0n) is 13.1. The number of likely N-dealkylation sites (N-methyl/N-ethyl adjacent to an activating group) is 1. The van der Waals surface area contributed by atoms with E-state index in [0.29, 0.717) is 20.5 Å². The van der Waals surface area contributed by atoms with Crippen molar-refractivity contribution < 1.29 is 14.3 Å². The van der Waals surface area contributed by atoms with Crippen molar-refractivity contribution in [3.63, 3.8) is 0 Å². The van der Waals surface area contributed by atoms with Gasteiger partial charge in [-0.15, -0.1) is 0 Å². The van der Waals surface area contributed by atoms with Crippen LogP contribution in [0.2, 0.25) is 0 Å². The highest BCUT2D eigenvalue weighted by Crippen LogP contribution is 2.31. The van der Waals surface area contributed by atoms with Gasteiger partial charge < -0.3 is 4.74 Å². The lowest BCUT2D eigenvalue weighted by Gasteiger charge is -2.07. The number of amides is 1. The number of benzene rings is 2. The van der Waals surface area contributed by atoms with Crippen LogP contribution in [0.4, 0.5) is 0 Å². The summed E-state index contributed by atoms with van der Waals surface area (Å²) in [4.78, 5) is 26.4. The molecule has 1 aliphatic heterocycles. The molecule has 0 N–H and O–H groups in total. The lowest BCUT2D eigenvalue weighted by atomic mass is 10.2. The van der Waals surface area contributed by atoms with E-state index in [1.165, 1.54) is 16.7 Å². The second kappa shape index (κ2) is 7.67. The molecular weight excluding hydrogens is 469 g/mol. The molecule has 0 atom stereocenters. The minimum Gasteiger partial charge on any atom is -0.423 e. The normalized spacial score (nSPS) is 15.8. The lowest BCUT2D eigenvalue weighted by molar-refractivity contribution is -0.121. The second-order valence-corrected chi connectivity index (χ2v) is 8.02. The molecule has 0 aliphatic carbocycles. The van der Waals surface area contributed by atoms with E-state index in [0.717, 1.165) is 9.13 Å². The van der Waals surface area contributed by atoms with Gasteiger partial charge in [0.15, 0.2) is 0 Å². The van der Waals surface area contributed by atoms with Crippen molar-refractivity contribution in [2.45, 2.75) is 0 Å². The van der Waals surface area contributed by atoms with Gasteiger partial charge in [0.1, 0.15) is 10.1 Å². The Morgan fingerprint density at radius 3 is 2.68 bits per heavy atom. The third-order valence-electron chi connectivity index (χ3n) is 3.45. The summed E-state index contributed by atoms with van der Waals surface area (Å²) >= 11 is 8.47. The molecule has 1 saturated heterocycles. The van der Waals surface area contributed by atoms with Crippen LogP contribution in [0.5, 0.6) is 5.75 Å². The Bertz CT molecular complexity index is 911. The second-order valence-electron chi connectivity index (χ2n) is 5.18. The summed E-state index contributed by atoms with van der Waals surface area (Å²) in [5.74, 6) is -0.122. The van der Waals surface area contributed by atoms with Crippen LogP contribution in [-0.4, -0.2) is 28.1 Å². The first-order valence-corrected chi connectivity index (χ1v) is 9.54. The molecule has 0 radical (unpaired) electrons. The number of nitrogens with zero attached hydrogens (tertiary/aromatic N) is 1. The Morgan fingerprint density at radius 2 is 2.00 bits per heavy atom. The van der Waals surface area contributed by atoms with Crippen molar-refractivity contribution in [3.05, 3.63) is 68.1 Å². The molecule has 0 bridgehead atoms. The highest BCUT2D eigenvalue weighted by atomic mass is 127. The molecule has 0 saturated carbocycles. The topological polar surface area (TPSA) is 46.6 Å². The maximum absolute atomic E-state index is 12.3. The van der Waals surface area contributed by atoms with E-state index < -0.39 is 5.97 Å². The summed E-state index contributed by atoms with van der Waals surface area (Å²) in [7, 11) is 1.65. The van der Waals surface area contributed by atoms with Crippen LogP contribution >= 0.6 is 46.6 Å². The molecule has 2 aromatic rings. The fourth-order valence-corrected chi connectivity index (χ4v) is 3.94.